The molecule has 14 atom stereocenters. The van der Waals surface area contributed by atoms with Gasteiger partial charge in [0.1, 0.15) is 80.9 Å². The third-order valence-electron chi connectivity index (χ3n) is 9.88. The van der Waals surface area contributed by atoms with Crippen LogP contribution < -0.4 is 11.1 Å². The highest BCUT2D eigenvalue weighted by Crippen LogP contribution is 2.40. The fourth-order valence-corrected chi connectivity index (χ4v) is 6.79. The summed E-state index contributed by atoms with van der Waals surface area (Å²) in [5.41, 5.74) is 3.45. The largest absolute Gasteiger partial charge is 0.394 e. The lowest BCUT2D eigenvalue weighted by atomic mass is 10.0. The zero-order valence-electron chi connectivity index (χ0n) is 36.4. The molecule has 0 aromatic heterocycles. The van der Waals surface area contributed by atoms with E-state index in [-0.39, 0.29) is 26.3 Å². The lowest BCUT2D eigenvalue weighted by Crippen LogP contribution is -2.57. The van der Waals surface area contributed by atoms with Crippen LogP contribution in [0.3, 0.4) is 0 Å². The molecule has 3 rings (SSSR count). The second-order valence-corrected chi connectivity index (χ2v) is 18.5. The van der Waals surface area contributed by atoms with Crippen molar-refractivity contribution < 1.29 is 98.4 Å². The van der Waals surface area contributed by atoms with Gasteiger partial charge in [-0.3, -0.25) is 0 Å². The number of ether oxygens (including phenoxy) is 10. The minimum Gasteiger partial charge on any atom is -0.394 e. The van der Waals surface area contributed by atoms with E-state index in [0.29, 0.717) is 6.54 Å². The van der Waals surface area contributed by atoms with E-state index in [1.165, 1.54) is 0 Å². The minimum atomic E-state index is -2.46. The number of nitrogens with one attached hydrogen (secondary N) is 1. The van der Waals surface area contributed by atoms with Crippen LogP contribution in [0.25, 0.3) is 0 Å². The SMILES string of the molecule is CC(C)(C)OCC1OC(CO)(OCC2OC(COC3(CO)OC(COC(C)(C)C)C(O)C3O)(OCC(CO)OC(CO)(CNCCN)OC(C)(C)C)C(O)C2O)C(O)C1O. The Kier molecular flexibility index (Phi) is 19.1. The average Bonchev–Trinajstić information content (AvgIpc) is 3.67. The normalized spacial score (nSPS) is 36.9. The summed E-state index contributed by atoms with van der Waals surface area (Å²) in [5.74, 6) is -8.81. The summed E-state index contributed by atoms with van der Waals surface area (Å²) in [6.45, 7) is 10.1. The molecule has 0 bridgehead atoms. The number of hydrogen-bond donors (Lipinski definition) is 12. The Morgan fingerprint density at radius 2 is 1.07 bits per heavy atom. The molecule has 3 saturated heterocycles. The van der Waals surface area contributed by atoms with Crippen molar-refractivity contribution in [3.63, 3.8) is 0 Å². The molecule has 14 unspecified atom stereocenters. The van der Waals surface area contributed by atoms with Crippen LogP contribution in [0, 0.1) is 0 Å². The quantitative estimate of drug-likeness (QED) is 0.0321. The van der Waals surface area contributed by atoms with Crippen LogP contribution in [-0.2, 0) is 47.4 Å². The minimum absolute atomic E-state index is 0.0882. The average molecular weight is 879 g/mol. The Bertz CT molecular complexity index is 1290. The molecule has 356 valence electrons. The van der Waals surface area contributed by atoms with E-state index in [1.54, 1.807) is 62.3 Å². The number of aliphatic hydroxyl groups is 10. The standard InChI is InChI=1S/C38H74N2O20/c1-32(2,3)51-14-23-26(45)29(48)36(19-43,57-23)54-16-25-28(47)31(50)38(59-25,21-55-37(20-44)30(49)27(46)24(58-37)15-52-33(4,5)6)53-13-22(12-41)56-35(18-42,17-40-11-10-39)60-34(7,8)9/h22-31,40-50H,10-21,39H2,1-9H3. The number of aliphatic hydroxyl groups excluding tert-OH is 10. The molecule has 0 aromatic rings. The molecule has 13 N–H and O–H groups in total. The van der Waals surface area contributed by atoms with Gasteiger partial charge in [0.25, 0.3) is 0 Å². The van der Waals surface area contributed by atoms with Gasteiger partial charge in [0, 0.05) is 13.1 Å². The molecule has 3 fully saturated rings. The lowest BCUT2D eigenvalue weighted by molar-refractivity contribution is -0.356. The Morgan fingerprint density at radius 3 is 1.48 bits per heavy atom. The van der Waals surface area contributed by atoms with Crippen molar-refractivity contribution in [2.24, 2.45) is 5.73 Å². The van der Waals surface area contributed by atoms with Gasteiger partial charge in [0.2, 0.25) is 23.1 Å². The molecule has 0 saturated carbocycles. The highest BCUT2D eigenvalue weighted by Gasteiger charge is 2.62. The number of hydrogen-bond acceptors (Lipinski definition) is 22. The van der Waals surface area contributed by atoms with Crippen LogP contribution in [0.1, 0.15) is 62.3 Å². The summed E-state index contributed by atoms with van der Waals surface area (Å²) in [5, 5.41) is 112. The zero-order chi connectivity index (χ0) is 45.5. The molecule has 22 nitrogen and oxygen atoms in total. The molecule has 0 spiro atoms. The maximum absolute atomic E-state index is 11.7. The fraction of sp³-hybridized carbons (Fsp3) is 1.00. The Morgan fingerprint density at radius 1 is 0.617 bits per heavy atom. The van der Waals surface area contributed by atoms with E-state index in [4.69, 9.17) is 53.1 Å². The van der Waals surface area contributed by atoms with Crippen molar-refractivity contribution >= 4 is 0 Å². The highest BCUT2D eigenvalue weighted by atomic mass is 16.8. The Hall–Kier alpha value is -0.880. The molecular weight excluding hydrogens is 804 g/mol. The van der Waals surface area contributed by atoms with Crippen LogP contribution in [0.15, 0.2) is 0 Å². The van der Waals surface area contributed by atoms with Gasteiger partial charge < -0.3 is 109 Å². The zero-order valence-corrected chi connectivity index (χ0v) is 36.4. The molecule has 0 amide bonds. The molecular formula is C38H74N2O20. The van der Waals surface area contributed by atoms with Gasteiger partial charge >= 0.3 is 0 Å². The Labute approximate surface area is 351 Å². The molecule has 0 aliphatic carbocycles. The van der Waals surface area contributed by atoms with Crippen LogP contribution in [-0.4, -0.2) is 231 Å². The smallest absolute Gasteiger partial charge is 0.222 e. The summed E-state index contributed by atoms with van der Waals surface area (Å²) >= 11 is 0. The Balaban J connectivity index is 1.94. The van der Waals surface area contributed by atoms with Gasteiger partial charge in [-0.05, 0) is 62.3 Å². The third kappa shape index (κ3) is 13.6. The maximum atomic E-state index is 11.7. The van der Waals surface area contributed by atoms with Crippen LogP contribution >= 0.6 is 0 Å². The van der Waals surface area contributed by atoms with E-state index in [2.05, 4.69) is 5.32 Å². The molecule has 0 radical (unpaired) electrons. The topological polar surface area (TPSA) is 333 Å². The fourth-order valence-electron chi connectivity index (χ4n) is 6.79. The van der Waals surface area contributed by atoms with E-state index in [0.717, 1.165) is 0 Å². The van der Waals surface area contributed by atoms with Crippen molar-refractivity contribution in [1.82, 2.24) is 5.32 Å². The first-order valence-corrected chi connectivity index (χ1v) is 20.2. The van der Waals surface area contributed by atoms with Gasteiger partial charge in [-0.1, -0.05) is 0 Å². The van der Waals surface area contributed by atoms with E-state index in [1.807, 2.05) is 0 Å². The van der Waals surface area contributed by atoms with Crippen molar-refractivity contribution in [2.75, 3.05) is 79.1 Å². The summed E-state index contributed by atoms with van der Waals surface area (Å²) in [7, 11) is 0. The van der Waals surface area contributed by atoms with Gasteiger partial charge in [-0.2, -0.15) is 0 Å². The maximum Gasteiger partial charge on any atom is 0.222 e. The first kappa shape index (κ1) is 53.5. The molecule has 3 aliphatic heterocycles. The molecule has 60 heavy (non-hydrogen) atoms. The van der Waals surface area contributed by atoms with E-state index < -0.39 is 147 Å². The number of rotatable bonds is 24. The van der Waals surface area contributed by atoms with Gasteiger partial charge in [-0.25, -0.2) is 0 Å². The summed E-state index contributed by atoms with van der Waals surface area (Å²) < 4.78 is 59.2. The lowest BCUT2D eigenvalue weighted by Gasteiger charge is -2.41. The van der Waals surface area contributed by atoms with Crippen LogP contribution in [0.4, 0.5) is 0 Å². The van der Waals surface area contributed by atoms with Gasteiger partial charge in [0.15, 0.2) is 0 Å². The predicted molar refractivity (Wildman–Crippen MR) is 207 cm³/mol. The van der Waals surface area contributed by atoms with Crippen LogP contribution in [0.5, 0.6) is 0 Å². The summed E-state index contributed by atoms with van der Waals surface area (Å²) in [4.78, 5) is 0. The molecule has 3 aliphatic rings. The molecule has 3 heterocycles. The first-order valence-electron chi connectivity index (χ1n) is 20.2. The summed E-state index contributed by atoms with van der Waals surface area (Å²) in [6.07, 6.45) is -16.0. The number of nitrogens with two attached hydrogens (primary N) is 1. The second-order valence-electron chi connectivity index (χ2n) is 18.5. The van der Waals surface area contributed by atoms with Gasteiger partial charge in [0.05, 0.1) is 63.0 Å². The molecule has 22 heteroatoms. The predicted octanol–water partition coefficient (Wildman–Crippen LogP) is -4.47. The first-order chi connectivity index (χ1) is 27.7. The van der Waals surface area contributed by atoms with Crippen molar-refractivity contribution in [2.45, 2.75) is 163 Å². The monoisotopic (exact) mass is 878 g/mol. The third-order valence-corrected chi connectivity index (χ3v) is 9.88. The van der Waals surface area contributed by atoms with E-state index >= 15 is 0 Å². The van der Waals surface area contributed by atoms with E-state index in [9.17, 15) is 51.1 Å². The highest BCUT2D eigenvalue weighted by molar-refractivity contribution is 5.02. The van der Waals surface area contributed by atoms with Crippen LogP contribution in [0.2, 0.25) is 0 Å². The van der Waals surface area contributed by atoms with Crippen molar-refractivity contribution in [3.05, 3.63) is 0 Å². The molecule has 0 aromatic carbocycles. The van der Waals surface area contributed by atoms with Crippen molar-refractivity contribution in [3.8, 4) is 0 Å². The summed E-state index contributed by atoms with van der Waals surface area (Å²) in [6, 6.07) is 0. The van der Waals surface area contributed by atoms with Gasteiger partial charge in [-0.15, -0.1) is 0 Å². The second kappa shape index (κ2) is 21.4. The van der Waals surface area contributed by atoms with Crippen molar-refractivity contribution in [1.29, 1.82) is 0 Å².